The zero-order valence-electron chi connectivity index (χ0n) is 46.2. The number of carbonyl (C=O) groups excluding carboxylic acids is 3. The Morgan fingerprint density at radius 2 is 0.507 bits per heavy atom. The Morgan fingerprint density at radius 1 is 0.282 bits per heavy atom. The third-order valence-electron chi connectivity index (χ3n) is 12.2. The van der Waals surface area contributed by atoms with E-state index in [1.54, 1.807) is 0 Å². The lowest BCUT2D eigenvalue weighted by atomic mass is 10.1. The molecule has 0 bridgehead atoms. The van der Waals surface area contributed by atoms with Gasteiger partial charge in [-0.2, -0.15) is 0 Å². The highest BCUT2D eigenvalue weighted by Crippen LogP contribution is 2.13. The van der Waals surface area contributed by atoms with E-state index in [-0.39, 0.29) is 31.1 Å². The summed E-state index contributed by atoms with van der Waals surface area (Å²) in [5.41, 5.74) is 0. The molecule has 0 spiro atoms. The first-order valence-corrected chi connectivity index (χ1v) is 29.4. The van der Waals surface area contributed by atoms with Crippen LogP contribution >= 0.6 is 0 Å². The molecule has 0 aliphatic rings. The van der Waals surface area contributed by atoms with Crippen LogP contribution in [0.3, 0.4) is 0 Å². The maximum absolute atomic E-state index is 12.9. The van der Waals surface area contributed by atoms with Crippen LogP contribution in [0.15, 0.2) is 109 Å². The minimum Gasteiger partial charge on any atom is -0.462 e. The van der Waals surface area contributed by atoms with Crippen molar-refractivity contribution in [2.24, 2.45) is 0 Å². The Kier molecular flexibility index (Phi) is 55.4. The summed E-state index contributed by atoms with van der Waals surface area (Å²) in [7, 11) is 0. The predicted molar refractivity (Wildman–Crippen MR) is 307 cm³/mol. The number of carbonyl (C=O) groups is 3. The van der Waals surface area contributed by atoms with E-state index in [1.165, 1.54) is 103 Å². The van der Waals surface area contributed by atoms with E-state index < -0.39 is 6.10 Å². The second-order valence-corrected chi connectivity index (χ2v) is 19.2. The molecular formula is C65H108O6. The van der Waals surface area contributed by atoms with Crippen LogP contribution in [0.5, 0.6) is 0 Å². The van der Waals surface area contributed by atoms with Crippen LogP contribution in [-0.2, 0) is 28.6 Å². The lowest BCUT2D eigenvalue weighted by Crippen LogP contribution is -2.30. The summed E-state index contributed by atoms with van der Waals surface area (Å²) >= 11 is 0. The van der Waals surface area contributed by atoms with E-state index in [9.17, 15) is 14.4 Å². The van der Waals surface area contributed by atoms with Crippen molar-refractivity contribution in [3.63, 3.8) is 0 Å². The standard InChI is InChI=1S/C65H108O6/c1-4-7-10-13-16-19-22-25-28-30-32-34-37-39-42-45-48-51-54-57-63(66)69-60-62(71-65(68)59-56-53-50-47-44-41-36-27-24-21-18-15-12-9-6-3)61-70-64(67)58-55-52-49-46-43-40-38-35-33-31-29-26-23-20-17-14-11-8-5-2/h16-17,19-20,25-29,32-36,39-40,42-43,62H,4-15,18,21-24,30-31,37-38,41,44-61H2,1-3H3/b19-16-,20-17-,28-25-,29-26-,34-32-,35-33-,36-27-,42-39-,43-40-. The van der Waals surface area contributed by atoms with Crippen molar-refractivity contribution in [2.45, 2.75) is 271 Å². The van der Waals surface area contributed by atoms with Crippen LogP contribution in [0.2, 0.25) is 0 Å². The largest absolute Gasteiger partial charge is 0.462 e. The third-order valence-corrected chi connectivity index (χ3v) is 12.2. The van der Waals surface area contributed by atoms with Gasteiger partial charge < -0.3 is 14.2 Å². The van der Waals surface area contributed by atoms with Gasteiger partial charge in [0.15, 0.2) is 6.10 Å². The van der Waals surface area contributed by atoms with Gasteiger partial charge in [-0.05, 0) is 135 Å². The first kappa shape index (κ1) is 67.1. The lowest BCUT2D eigenvalue weighted by Gasteiger charge is -2.18. The highest BCUT2D eigenvalue weighted by molar-refractivity contribution is 5.71. The molecule has 0 radical (unpaired) electrons. The summed E-state index contributed by atoms with van der Waals surface area (Å²) in [5.74, 6) is -0.975. The van der Waals surface area contributed by atoms with Crippen molar-refractivity contribution in [1.29, 1.82) is 0 Å². The average Bonchev–Trinajstić information content (AvgIpc) is 3.37. The van der Waals surface area contributed by atoms with E-state index in [1.807, 2.05) is 0 Å². The van der Waals surface area contributed by atoms with Crippen LogP contribution in [0.4, 0.5) is 0 Å². The zero-order valence-corrected chi connectivity index (χ0v) is 46.2. The second-order valence-electron chi connectivity index (χ2n) is 19.2. The maximum atomic E-state index is 12.9. The Bertz CT molecular complexity index is 1380. The Balaban J connectivity index is 4.52. The monoisotopic (exact) mass is 985 g/mol. The molecule has 0 unspecified atom stereocenters. The molecule has 0 N–H and O–H groups in total. The quantitative estimate of drug-likeness (QED) is 0.0261. The molecule has 0 amide bonds. The van der Waals surface area contributed by atoms with Crippen LogP contribution in [0, 0.1) is 0 Å². The van der Waals surface area contributed by atoms with Crippen molar-refractivity contribution in [3.8, 4) is 0 Å². The molecule has 6 nitrogen and oxygen atoms in total. The van der Waals surface area contributed by atoms with Gasteiger partial charge in [0.1, 0.15) is 13.2 Å². The molecule has 0 aromatic carbocycles. The summed E-state index contributed by atoms with van der Waals surface area (Å²) in [5, 5.41) is 0. The van der Waals surface area contributed by atoms with Crippen molar-refractivity contribution < 1.29 is 28.6 Å². The van der Waals surface area contributed by atoms with Gasteiger partial charge in [0, 0.05) is 19.3 Å². The number of esters is 3. The fraction of sp³-hybridized carbons (Fsp3) is 0.677. The predicted octanol–water partition coefficient (Wildman–Crippen LogP) is 19.9. The van der Waals surface area contributed by atoms with Crippen LogP contribution in [-0.4, -0.2) is 37.2 Å². The number of allylic oxidation sites excluding steroid dienone is 18. The molecule has 0 atom stereocenters. The van der Waals surface area contributed by atoms with E-state index in [4.69, 9.17) is 14.2 Å². The molecule has 0 heterocycles. The summed E-state index contributed by atoms with van der Waals surface area (Å²) in [6.07, 6.45) is 79.3. The van der Waals surface area contributed by atoms with Gasteiger partial charge in [-0.25, -0.2) is 0 Å². The van der Waals surface area contributed by atoms with Crippen molar-refractivity contribution in [1.82, 2.24) is 0 Å². The van der Waals surface area contributed by atoms with Gasteiger partial charge in [0.05, 0.1) is 0 Å². The smallest absolute Gasteiger partial charge is 0.306 e. The topological polar surface area (TPSA) is 78.9 Å². The van der Waals surface area contributed by atoms with Gasteiger partial charge >= 0.3 is 17.9 Å². The van der Waals surface area contributed by atoms with Crippen molar-refractivity contribution in [3.05, 3.63) is 109 Å². The summed E-state index contributed by atoms with van der Waals surface area (Å²) in [6.45, 7) is 6.52. The van der Waals surface area contributed by atoms with E-state index in [2.05, 4.69) is 130 Å². The normalized spacial score (nSPS) is 12.5. The molecule has 0 aromatic heterocycles. The molecule has 0 saturated heterocycles. The third kappa shape index (κ3) is 56.9. The molecule has 0 aliphatic heterocycles. The second kappa shape index (κ2) is 58.6. The number of hydrogen-bond donors (Lipinski definition) is 0. The van der Waals surface area contributed by atoms with E-state index >= 15 is 0 Å². The number of hydrogen-bond acceptors (Lipinski definition) is 6. The fourth-order valence-corrected chi connectivity index (χ4v) is 7.76. The number of rotatable bonds is 52. The Labute approximate surface area is 438 Å². The zero-order chi connectivity index (χ0) is 51.4. The minimum atomic E-state index is -0.812. The van der Waals surface area contributed by atoms with E-state index in [0.29, 0.717) is 19.3 Å². The molecular weight excluding hydrogens is 877 g/mol. The van der Waals surface area contributed by atoms with Gasteiger partial charge in [0.25, 0.3) is 0 Å². The van der Waals surface area contributed by atoms with Crippen LogP contribution < -0.4 is 0 Å². The van der Waals surface area contributed by atoms with Gasteiger partial charge in [0.2, 0.25) is 0 Å². The molecule has 0 saturated carbocycles. The van der Waals surface area contributed by atoms with Crippen molar-refractivity contribution >= 4 is 17.9 Å². The SMILES string of the molecule is CCCCC/C=C\C/C=C\C/C=C\C/C=C\CCCCCC(=O)OCC(COC(=O)CCCCC/C=C\C/C=C\C/C=C\C/C=C\CCCCC)OC(=O)CCCCCCC/C=C\CCCCCCCC. The van der Waals surface area contributed by atoms with Crippen molar-refractivity contribution in [2.75, 3.05) is 13.2 Å². The molecule has 0 fully saturated rings. The number of unbranched alkanes of at least 4 members (excludes halogenated alkanes) is 23. The highest BCUT2D eigenvalue weighted by Gasteiger charge is 2.19. The highest BCUT2D eigenvalue weighted by atomic mass is 16.6. The van der Waals surface area contributed by atoms with Gasteiger partial charge in [-0.1, -0.05) is 220 Å². The molecule has 6 heteroatoms. The van der Waals surface area contributed by atoms with Crippen LogP contribution in [0.1, 0.15) is 265 Å². The lowest BCUT2D eigenvalue weighted by molar-refractivity contribution is -0.167. The average molecular weight is 986 g/mol. The molecule has 0 aliphatic carbocycles. The minimum absolute atomic E-state index is 0.110. The Hall–Kier alpha value is -3.93. The number of ether oxygens (including phenoxy) is 3. The molecule has 71 heavy (non-hydrogen) atoms. The summed E-state index contributed by atoms with van der Waals surface area (Å²) in [6, 6.07) is 0. The molecule has 0 rings (SSSR count). The first-order valence-electron chi connectivity index (χ1n) is 29.4. The van der Waals surface area contributed by atoms with Crippen LogP contribution in [0.25, 0.3) is 0 Å². The maximum Gasteiger partial charge on any atom is 0.306 e. The molecule has 404 valence electrons. The summed E-state index contributed by atoms with van der Waals surface area (Å²) in [4.78, 5) is 38.2. The first-order chi connectivity index (χ1) is 35.0. The van der Waals surface area contributed by atoms with E-state index in [0.717, 1.165) is 122 Å². The molecule has 0 aromatic rings. The Morgan fingerprint density at radius 3 is 0.845 bits per heavy atom. The van der Waals surface area contributed by atoms with Gasteiger partial charge in [-0.15, -0.1) is 0 Å². The van der Waals surface area contributed by atoms with Gasteiger partial charge in [-0.3, -0.25) is 14.4 Å². The summed E-state index contributed by atoms with van der Waals surface area (Å²) < 4.78 is 16.8. The fourth-order valence-electron chi connectivity index (χ4n) is 7.76.